The van der Waals surface area contributed by atoms with E-state index in [9.17, 15) is 5.11 Å². The van der Waals surface area contributed by atoms with Crippen LogP contribution in [-0.2, 0) is 0 Å². The first-order valence-electron chi connectivity index (χ1n) is 6.19. The van der Waals surface area contributed by atoms with E-state index in [1.54, 1.807) is 24.3 Å². The van der Waals surface area contributed by atoms with Crippen molar-refractivity contribution in [3.8, 4) is 17.6 Å². The van der Waals surface area contributed by atoms with Gasteiger partial charge < -0.3 is 9.84 Å². The van der Waals surface area contributed by atoms with Crippen molar-refractivity contribution in [1.82, 2.24) is 0 Å². The molecule has 1 N–H and O–H groups in total. The SMILES string of the molecule is CC[C@@H](O)c1ccccc1Oc1cccc(C#N)c1. The van der Waals surface area contributed by atoms with E-state index in [1.807, 2.05) is 31.2 Å². The fourth-order valence-corrected chi connectivity index (χ4v) is 1.82. The molecule has 0 radical (unpaired) electrons. The average Bonchev–Trinajstić information content (AvgIpc) is 2.47. The van der Waals surface area contributed by atoms with Gasteiger partial charge in [-0.05, 0) is 30.7 Å². The topological polar surface area (TPSA) is 53.2 Å². The Morgan fingerprint density at radius 3 is 2.74 bits per heavy atom. The molecule has 0 aromatic heterocycles. The molecule has 0 heterocycles. The summed E-state index contributed by atoms with van der Waals surface area (Å²) >= 11 is 0. The lowest BCUT2D eigenvalue weighted by Crippen LogP contribution is -1.98. The van der Waals surface area contributed by atoms with E-state index in [0.29, 0.717) is 23.5 Å². The van der Waals surface area contributed by atoms with Crippen LogP contribution < -0.4 is 4.74 Å². The Labute approximate surface area is 112 Å². The van der Waals surface area contributed by atoms with Gasteiger partial charge in [0.1, 0.15) is 11.5 Å². The highest BCUT2D eigenvalue weighted by molar-refractivity contribution is 5.42. The lowest BCUT2D eigenvalue weighted by atomic mass is 10.1. The van der Waals surface area contributed by atoms with Crippen molar-refractivity contribution >= 4 is 0 Å². The summed E-state index contributed by atoms with van der Waals surface area (Å²) < 4.78 is 5.76. The first-order chi connectivity index (χ1) is 9.24. The number of rotatable bonds is 4. The molecule has 0 unspecified atom stereocenters. The third-order valence-electron chi connectivity index (χ3n) is 2.86. The van der Waals surface area contributed by atoms with Crippen molar-refractivity contribution in [2.75, 3.05) is 0 Å². The van der Waals surface area contributed by atoms with Gasteiger partial charge in [0.15, 0.2) is 0 Å². The summed E-state index contributed by atoms with van der Waals surface area (Å²) in [6.07, 6.45) is 0.0776. The summed E-state index contributed by atoms with van der Waals surface area (Å²) in [5.41, 5.74) is 1.30. The highest BCUT2D eigenvalue weighted by Crippen LogP contribution is 2.31. The fraction of sp³-hybridized carbons (Fsp3) is 0.188. The van der Waals surface area contributed by atoms with Crippen LogP contribution in [0.2, 0.25) is 0 Å². The quantitative estimate of drug-likeness (QED) is 0.901. The Morgan fingerprint density at radius 2 is 2.00 bits per heavy atom. The third kappa shape index (κ3) is 3.12. The van der Waals surface area contributed by atoms with E-state index in [4.69, 9.17) is 10.00 Å². The molecule has 0 aliphatic rings. The molecule has 2 aromatic carbocycles. The molecule has 0 saturated carbocycles. The normalized spacial score (nSPS) is 11.6. The molecular formula is C16H15NO2. The third-order valence-corrected chi connectivity index (χ3v) is 2.86. The predicted octanol–water partition coefficient (Wildman–Crippen LogP) is 3.79. The van der Waals surface area contributed by atoms with Crippen LogP contribution >= 0.6 is 0 Å². The van der Waals surface area contributed by atoms with Gasteiger partial charge in [-0.2, -0.15) is 5.26 Å². The number of benzene rings is 2. The summed E-state index contributed by atoms with van der Waals surface area (Å²) in [5.74, 6) is 1.21. The van der Waals surface area contributed by atoms with Crippen LogP contribution in [0.4, 0.5) is 0 Å². The summed E-state index contributed by atoms with van der Waals surface area (Å²) in [4.78, 5) is 0. The lowest BCUT2D eigenvalue weighted by Gasteiger charge is -2.14. The second kappa shape index (κ2) is 6.03. The molecule has 0 fully saturated rings. The number of nitrogens with zero attached hydrogens (tertiary/aromatic N) is 1. The molecule has 0 spiro atoms. The average molecular weight is 253 g/mol. The molecule has 3 nitrogen and oxygen atoms in total. The van der Waals surface area contributed by atoms with Gasteiger partial charge in [-0.15, -0.1) is 0 Å². The minimum atomic E-state index is -0.546. The number of aliphatic hydroxyl groups is 1. The van der Waals surface area contributed by atoms with Crippen molar-refractivity contribution < 1.29 is 9.84 Å². The highest BCUT2D eigenvalue weighted by atomic mass is 16.5. The molecule has 96 valence electrons. The largest absolute Gasteiger partial charge is 0.457 e. The maximum absolute atomic E-state index is 9.96. The van der Waals surface area contributed by atoms with Crippen LogP contribution in [0.5, 0.6) is 11.5 Å². The van der Waals surface area contributed by atoms with Gasteiger partial charge in [-0.1, -0.05) is 31.2 Å². The van der Waals surface area contributed by atoms with Crippen LogP contribution in [-0.4, -0.2) is 5.11 Å². The summed E-state index contributed by atoms with van der Waals surface area (Å²) in [6, 6.07) is 16.4. The van der Waals surface area contributed by atoms with E-state index < -0.39 is 6.10 Å². The molecule has 2 rings (SSSR count). The Balaban J connectivity index is 2.30. The first kappa shape index (κ1) is 13.1. The van der Waals surface area contributed by atoms with Crippen LogP contribution in [0.15, 0.2) is 48.5 Å². The first-order valence-corrected chi connectivity index (χ1v) is 6.19. The smallest absolute Gasteiger partial charge is 0.133 e. The Kier molecular flexibility index (Phi) is 4.17. The zero-order valence-electron chi connectivity index (χ0n) is 10.7. The Hall–Kier alpha value is -2.31. The molecule has 0 aliphatic carbocycles. The van der Waals surface area contributed by atoms with Gasteiger partial charge >= 0.3 is 0 Å². The molecule has 0 aliphatic heterocycles. The number of hydrogen-bond acceptors (Lipinski definition) is 3. The van der Waals surface area contributed by atoms with Gasteiger partial charge in [0, 0.05) is 5.56 Å². The number of aliphatic hydroxyl groups excluding tert-OH is 1. The molecule has 0 bridgehead atoms. The van der Waals surface area contributed by atoms with Gasteiger partial charge in [-0.25, -0.2) is 0 Å². The van der Waals surface area contributed by atoms with Crippen LogP contribution in [0.25, 0.3) is 0 Å². The standard InChI is InChI=1S/C16H15NO2/c1-2-15(18)14-8-3-4-9-16(14)19-13-7-5-6-12(10-13)11-17/h3-10,15,18H,2H2,1H3/t15-/m1/s1. The minimum absolute atomic E-state index is 0.546. The highest BCUT2D eigenvalue weighted by Gasteiger charge is 2.11. The molecule has 0 amide bonds. The van der Waals surface area contributed by atoms with Crippen molar-refractivity contribution in [1.29, 1.82) is 5.26 Å². The second-order valence-corrected chi connectivity index (χ2v) is 4.20. The molecule has 19 heavy (non-hydrogen) atoms. The summed E-state index contributed by atoms with van der Waals surface area (Å²) in [5, 5.41) is 18.8. The van der Waals surface area contributed by atoms with E-state index in [1.165, 1.54) is 0 Å². The number of nitriles is 1. The Morgan fingerprint density at radius 1 is 1.21 bits per heavy atom. The van der Waals surface area contributed by atoms with Crippen molar-refractivity contribution in [2.24, 2.45) is 0 Å². The maximum Gasteiger partial charge on any atom is 0.133 e. The van der Waals surface area contributed by atoms with Crippen LogP contribution in [0, 0.1) is 11.3 Å². The fourth-order valence-electron chi connectivity index (χ4n) is 1.82. The minimum Gasteiger partial charge on any atom is -0.457 e. The Bertz CT molecular complexity index is 602. The monoisotopic (exact) mass is 253 g/mol. The van der Waals surface area contributed by atoms with E-state index >= 15 is 0 Å². The molecule has 1 atom stereocenters. The van der Waals surface area contributed by atoms with Crippen molar-refractivity contribution in [3.05, 3.63) is 59.7 Å². The zero-order chi connectivity index (χ0) is 13.7. The zero-order valence-corrected chi connectivity index (χ0v) is 10.7. The van der Waals surface area contributed by atoms with E-state index in [2.05, 4.69) is 6.07 Å². The van der Waals surface area contributed by atoms with E-state index in [-0.39, 0.29) is 0 Å². The lowest BCUT2D eigenvalue weighted by molar-refractivity contribution is 0.170. The summed E-state index contributed by atoms with van der Waals surface area (Å²) in [7, 11) is 0. The van der Waals surface area contributed by atoms with Gasteiger partial charge in [0.25, 0.3) is 0 Å². The van der Waals surface area contributed by atoms with Crippen molar-refractivity contribution in [2.45, 2.75) is 19.4 Å². The second-order valence-electron chi connectivity index (χ2n) is 4.20. The molecule has 3 heteroatoms. The molecular weight excluding hydrogens is 238 g/mol. The van der Waals surface area contributed by atoms with Gasteiger partial charge in [0.05, 0.1) is 17.7 Å². The van der Waals surface area contributed by atoms with Crippen LogP contribution in [0.3, 0.4) is 0 Å². The predicted molar refractivity (Wildman–Crippen MR) is 72.9 cm³/mol. The van der Waals surface area contributed by atoms with Crippen molar-refractivity contribution in [3.63, 3.8) is 0 Å². The number of para-hydroxylation sites is 1. The van der Waals surface area contributed by atoms with Crippen LogP contribution in [0.1, 0.15) is 30.6 Å². The van der Waals surface area contributed by atoms with E-state index in [0.717, 1.165) is 5.56 Å². The number of hydrogen-bond donors (Lipinski definition) is 1. The van der Waals surface area contributed by atoms with Gasteiger partial charge in [-0.3, -0.25) is 0 Å². The number of ether oxygens (including phenoxy) is 1. The van der Waals surface area contributed by atoms with Gasteiger partial charge in [0.2, 0.25) is 0 Å². The summed E-state index contributed by atoms with van der Waals surface area (Å²) in [6.45, 7) is 1.91. The molecule has 2 aromatic rings. The molecule has 0 saturated heterocycles. The maximum atomic E-state index is 9.96.